The number of amidine groups is 2. The predicted molar refractivity (Wildman–Crippen MR) is 256 cm³/mol. The molecule has 16 nitrogen and oxygen atoms in total. The van der Waals surface area contributed by atoms with Crippen LogP contribution in [0.2, 0.25) is 5.02 Å². The molecule has 0 spiro atoms. The van der Waals surface area contributed by atoms with Crippen LogP contribution in [-0.2, 0) is 9.47 Å². The lowest BCUT2D eigenvalue weighted by Crippen LogP contribution is -2.36. The first kappa shape index (κ1) is 41.4. The number of aromatic nitrogens is 9. The lowest BCUT2D eigenvalue weighted by atomic mass is 10.1. The van der Waals surface area contributed by atoms with Gasteiger partial charge in [-0.25, -0.2) is 19.4 Å². The summed E-state index contributed by atoms with van der Waals surface area (Å²) in [6.07, 6.45) is 3.45. The number of morpholine rings is 2. The van der Waals surface area contributed by atoms with Crippen LogP contribution in [0.4, 0.5) is 21.5 Å². The SMILES string of the molecule is CC(=Nc1cccc2c(-n3c(C)nc4c(-c5nnc(C)[nH]5)cc(N5CCOCC5)cc43)ccnc12)NC(=N)c1cc(N2CCOCC2)cc2c1nc(C)n2-c1ccnc2c(Cl)cc(F)cc12. The first-order valence-electron chi connectivity index (χ1n) is 21.7. The molecule has 11 rings (SSSR count). The molecule has 2 saturated heterocycles. The monoisotopic (exact) mass is 902 g/mol. The van der Waals surface area contributed by atoms with E-state index in [0.29, 0.717) is 95.9 Å². The van der Waals surface area contributed by atoms with Crippen LogP contribution < -0.4 is 15.1 Å². The van der Waals surface area contributed by atoms with Crippen molar-refractivity contribution in [2.45, 2.75) is 27.7 Å². The number of aliphatic imine (C=N–C) groups is 1. The average molecular weight is 903 g/mol. The van der Waals surface area contributed by atoms with Gasteiger partial charge in [0.1, 0.15) is 46.0 Å². The van der Waals surface area contributed by atoms with Crippen LogP contribution >= 0.6 is 11.6 Å². The number of anilines is 2. The van der Waals surface area contributed by atoms with E-state index in [0.717, 1.165) is 69.3 Å². The number of fused-ring (bicyclic) bond motifs is 4. The second-order valence-electron chi connectivity index (χ2n) is 16.5. The Morgan fingerprint density at radius 2 is 1.36 bits per heavy atom. The van der Waals surface area contributed by atoms with Crippen molar-refractivity contribution >= 4 is 84.2 Å². The van der Waals surface area contributed by atoms with E-state index in [1.165, 1.54) is 12.1 Å². The van der Waals surface area contributed by atoms with Crippen LogP contribution in [-0.4, -0.2) is 109 Å². The number of aryl methyl sites for hydroxylation is 3. The maximum absolute atomic E-state index is 14.9. The summed E-state index contributed by atoms with van der Waals surface area (Å²) < 4.78 is 30.4. The lowest BCUT2D eigenvalue weighted by molar-refractivity contribution is 0.122. The van der Waals surface area contributed by atoms with Gasteiger partial charge in [0.15, 0.2) is 5.82 Å². The second-order valence-corrected chi connectivity index (χ2v) is 16.9. The number of nitrogens with zero attached hydrogens (tertiary/aromatic N) is 11. The van der Waals surface area contributed by atoms with Crippen LogP contribution in [0.1, 0.15) is 30.0 Å². The van der Waals surface area contributed by atoms with Gasteiger partial charge in [-0.1, -0.05) is 23.7 Å². The molecular formula is C48H44ClFN14O2. The fourth-order valence-corrected chi connectivity index (χ4v) is 9.51. The Morgan fingerprint density at radius 3 is 2.03 bits per heavy atom. The summed E-state index contributed by atoms with van der Waals surface area (Å²) >= 11 is 6.49. The van der Waals surface area contributed by atoms with Crippen molar-refractivity contribution in [1.29, 1.82) is 5.41 Å². The van der Waals surface area contributed by atoms with Gasteiger partial charge in [0.05, 0.1) is 70.6 Å². The Bertz CT molecular complexity index is 3440. The molecule has 2 aliphatic rings. The number of H-pyrrole nitrogens is 1. The van der Waals surface area contributed by atoms with Crippen LogP contribution in [0, 0.1) is 32.0 Å². The molecule has 0 aliphatic carbocycles. The molecule has 18 heteroatoms. The smallest absolute Gasteiger partial charge is 0.163 e. The number of para-hydroxylation sites is 1. The van der Waals surface area contributed by atoms with Gasteiger partial charge in [-0.3, -0.25) is 24.5 Å². The summed E-state index contributed by atoms with van der Waals surface area (Å²) in [5, 5.41) is 23.2. The van der Waals surface area contributed by atoms with Crippen LogP contribution in [0.3, 0.4) is 0 Å². The molecule has 7 heterocycles. The summed E-state index contributed by atoms with van der Waals surface area (Å²) in [7, 11) is 0. The normalized spacial score (nSPS) is 14.9. The molecule has 3 N–H and O–H groups in total. The van der Waals surface area contributed by atoms with E-state index in [9.17, 15) is 9.80 Å². The van der Waals surface area contributed by atoms with E-state index < -0.39 is 5.82 Å². The van der Waals surface area contributed by atoms with Gasteiger partial charge in [0.2, 0.25) is 0 Å². The molecule has 2 aliphatic heterocycles. The van der Waals surface area contributed by atoms with E-state index in [-0.39, 0.29) is 10.9 Å². The van der Waals surface area contributed by atoms with Gasteiger partial charge >= 0.3 is 0 Å². The Balaban J connectivity index is 0.985. The molecule has 5 aromatic heterocycles. The summed E-state index contributed by atoms with van der Waals surface area (Å²) in [6.45, 7) is 13.0. The Hall–Kier alpha value is -7.34. The van der Waals surface area contributed by atoms with Crippen molar-refractivity contribution in [3.63, 3.8) is 0 Å². The lowest BCUT2D eigenvalue weighted by Gasteiger charge is -2.29. The number of hydrogen-bond acceptors (Lipinski definition) is 12. The molecule has 0 saturated carbocycles. The van der Waals surface area contributed by atoms with Crippen LogP contribution in [0.5, 0.6) is 0 Å². The first-order chi connectivity index (χ1) is 32.1. The Morgan fingerprint density at radius 1 is 0.742 bits per heavy atom. The minimum absolute atomic E-state index is 0.109. The summed E-state index contributed by atoms with van der Waals surface area (Å²) in [4.78, 5) is 32.4. The third-order valence-electron chi connectivity index (χ3n) is 12.2. The largest absolute Gasteiger partial charge is 0.378 e. The maximum atomic E-state index is 14.9. The zero-order chi connectivity index (χ0) is 45.2. The number of aromatic amines is 1. The average Bonchev–Trinajstić information content (AvgIpc) is 4.01. The highest BCUT2D eigenvalue weighted by Crippen LogP contribution is 2.38. The highest BCUT2D eigenvalue weighted by Gasteiger charge is 2.25. The third kappa shape index (κ3) is 7.24. The first-order valence-corrected chi connectivity index (χ1v) is 22.1. The number of halogens is 2. The van der Waals surface area contributed by atoms with Crippen LogP contribution in [0.25, 0.3) is 66.6 Å². The van der Waals surface area contributed by atoms with E-state index in [2.05, 4.69) is 58.0 Å². The molecule has 0 amide bonds. The molecule has 0 atom stereocenters. The maximum Gasteiger partial charge on any atom is 0.163 e. The zero-order valence-electron chi connectivity index (χ0n) is 36.7. The summed E-state index contributed by atoms with van der Waals surface area (Å²) in [6, 6.07) is 20.8. The number of pyridine rings is 2. The minimum Gasteiger partial charge on any atom is -0.378 e. The van der Waals surface area contributed by atoms with Crippen molar-refractivity contribution in [2.24, 2.45) is 4.99 Å². The van der Waals surface area contributed by atoms with E-state index in [1.54, 1.807) is 12.4 Å². The van der Waals surface area contributed by atoms with E-state index >= 15 is 0 Å². The number of hydrogen-bond donors (Lipinski definition) is 3. The van der Waals surface area contributed by atoms with Crippen molar-refractivity contribution in [3.8, 4) is 22.8 Å². The molecule has 0 unspecified atom stereocenters. The molecule has 66 heavy (non-hydrogen) atoms. The molecule has 2 fully saturated rings. The summed E-state index contributed by atoms with van der Waals surface area (Å²) in [5.41, 5.74) is 9.82. The number of rotatable bonds is 7. The van der Waals surface area contributed by atoms with Crippen molar-refractivity contribution in [2.75, 3.05) is 62.4 Å². The molecular weight excluding hydrogens is 859 g/mol. The molecule has 9 aromatic rings. The molecule has 0 radical (unpaired) electrons. The van der Waals surface area contributed by atoms with E-state index in [1.807, 2.05) is 68.7 Å². The third-order valence-corrected chi connectivity index (χ3v) is 12.5. The van der Waals surface area contributed by atoms with Gasteiger partial charge in [0, 0.05) is 71.8 Å². The van der Waals surface area contributed by atoms with Gasteiger partial charge < -0.3 is 29.6 Å². The van der Waals surface area contributed by atoms with Gasteiger partial charge in [-0.2, -0.15) is 0 Å². The quantitative estimate of drug-likeness (QED) is 0.104. The minimum atomic E-state index is -0.465. The molecule has 4 aromatic carbocycles. The van der Waals surface area contributed by atoms with Gasteiger partial charge in [0.25, 0.3) is 0 Å². The topological polar surface area (TPSA) is 176 Å². The molecule has 332 valence electrons. The highest BCUT2D eigenvalue weighted by molar-refractivity contribution is 6.35. The fourth-order valence-electron chi connectivity index (χ4n) is 9.26. The number of ether oxygens (including phenoxy) is 2. The number of nitrogens with one attached hydrogen (secondary N) is 3. The second kappa shape index (κ2) is 16.6. The predicted octanol–water partition coefficient (Wildman–Crippen LogP) is 8.30. The van der Waals surface area contributed by atoms with Crippen LogP contribution in [0.15, 0.2) is 84.1 Å². The highest BCUT2D eigenvalue weighted by atomic mass is 35.5. The standard InChI is InChI=1S/C48H44ClFN14O2/c1-26(55-47(51)35-22-31(61-12-16-65-17-13-61)24-41-45(35)57-28(3)64(41)40-9-10-52-43-34(40)20-30(50)21-37(43)49)54-38-7-5-6-33-39(8-11-53-44(33)38)63-29(4)58-46-36(48-56-27(2)59-60-48)23-32(25-42(46)63)62-14-18-66-19-15-62/h5-11,20-25H,12-19H2,1-4H3,(H2,51,54,55)(H,56,59,60). The fraction of sp³-hybridized carbons (Fsp3) is 0.250. The van der Waals surface area contributed by atoms with Crippen molar-refractivity contribution in [3.05, 3.63) is 113 Å². The zero-order valence-corrected chi connectivity index (χ0v) is 37.4. The van der Waals surface area contributed by atoms with E-state index in [4.69, 9.17) is 41.0 Å². The Labute approximate surface area is 382 Å². The molecule has 0 bridgehead atoms. The summed E-state index contributed by atoms with van der Waals surface area (Å²) in [5.74, 6) is 2.95. The van der Waals surface area contributed by atoms with Crippen molar-refractivity contribution < 1.29 is 13.9 Å². The van der Waals surface area contributed by atoms with Crippen molar-refractivity contribution in [1.82, 2.24) is 49.6 Å². The Kier molecular flexibility index (Phi) is 10.4. The van der Waals surface area contributed by atoms with Gasteiger partial charge in [-0.05, 0) is 82.3 Å². The number of imidazole rings is 2. The van der Waals surface area contributed by atoms with Gasteiger partial charge in [-0.15, -0.1) is 10.2 Å². The number of benzene rings is 4.